The van der Waals surface area contributed by atoms with Crippen LogP contribution in [0.3, 0.4) is 0 Å². The number of rotatable bonds is 4. The molecule has 0 aliphatic heterocycles. The maximum Gasteiger partial charge on any atom is 0.185 e. The van der Waals surface area contributed by atoms with Crippen LogP contribution in [0.2, 0.25) is 0 Å². The average Bonchev–Trinajstić information content (AvgIpc) is 2.79. The summed E-state index contributed by atoms with van der Waals surface area (Å²) in [5.41, 5.74) is 6.71. The van der Waals surface area contributed by atoms with Crippen LogP contribution >= 0.6 is 23.1 Å². The van der Waals surface area contributed by atoms with Gasteiger partial charge < -0.3 is 5.73 Å². The first-order valence-electron chi connectivity index (χ1n) is 5.50. The summed E-state index contributed by atoms with van der Waals surface area (Å²) >= 11 is 2.87. The Balaban J connectivity index is 2.09. The molecule has 0 spiro atoms. The highest BCUT2D eigenvalue weighted by atomic mass is 32.2. The molecule has 4 nitrogen and oxygen atoms in total. The quantitative estimate of drug-likeness (QED) is 0.532. The number of hydrogen-bond donors (Lipinski definition) is 1. The smallest absolute Gasteiger partial charge is 0.185 e. The maximum atomic E-state index is 11.8. The van der Waals surface area contributed by atoms with Crippen LogP contribution in [-0.4, -0.2) is 16.5 Å². The fraction of sp³-hybridized carbons (Fsp3) is 0.154. The van der Waals surface area contributed by atoms with E-state index in [4.69, 9.17) is 11.0 Å². The molecular formula is C13H11N3OS2. The lowest BCUT2D eigenvalue weighted by Crippen LogP contribution is -2.10. The number of aromatic nitrogens is 1. The number of carbonyl (C=O) groups is 1. The number of thiazole rings is 1. The van der Waals surface area contributed by atoms with Crippen molar-refractivity contribution in [1.29, 1.82) is 5.26 Å². The number of Topliss-reactive ketones (excluding diaryl/α,β-unsaturated/α-hetero) is 1. The number of nitriles is 1. The van der Waals surface area contributed by atoms with Gasteiger partial charge in [-0.3, -0.25) is 4.79 Å². The summed E-state index contributed by atoms with van der Waals surface area (Å²) in [6, 6.07) is 9.64. The molecule has 2 N–H and O–H groups in total. The van der Waals surface area contributed by atoms with Gasteiger partial charge >= 0.3 is 0 Å². The van der Waals surface area contributed by atoms with Crippen LogP contribution in [0.25, 0.3) is 10.2 Å². The number of nitrogens with zero attached hydrogens (tertiary/aromatic N) is 2. The number of nitrogens with two attached hydrogens (primary N) is 1. The van der Waals surface area contributed by atoms with Crippen molar-refractivity contribution < 1.29 is 4.79 Å². The molecule has 0 saturated heterocycles. The molecule has 0 unspecified atom stereocenters. The van der Waals surface area contributed by atoms with Crippen LogP contribution in [0.5, 0.6) is 0 Å². The van der Waals surface area contributed by atoms with Crippen molar-refractivity contribution in [2.24, 2.45) is 5.73 Å². The van der Waals surface area contributed by atoms with Gasteiger partial charge in [-0.1, -0.05) is 23.9 Å². The normalized spacial score (nSPS) is 12.0. The topological polar surface area (TPSA) is 79.8 Å². The Morgan fingerprint density at radius 3 is 2.89 bits per heavy atom. The summed E-state index contributed by atoms with van der Waals surface area (Å²) < 4.78 is 1.91. The second-order valence-corrected chi connectivity index (χ2v) is 6.08. The van der Waals surface area contributed by atoms with Crippen LogP contribution in [0, 0.1) is 11.3 Å². The van der Waals surface area contributed by atoms with Crippen molar-refractivity contribution in [3.63, 3.8) is 0 Å². The number of ketones is 1. The molecule has 0 atom stereocenters. The van der Waals surface area contributed by atoms with E-state index in [1.165, 1.54) is 23.1 Å². The first-order valence-corrected chi connectivity index (χ1v) is 7.30. The molecule has 0 aliphatic rings. The second kappa shape index (κ2) is 5.87. The Morgan fingerprint density at radius 2 is 2.26 bits per heavy atom. The number of allylic oxidation sites excluding steroid dienone is 2. The summed E-state index contributed by atoms with van der Waals surface area (Å²) in [5.74, 6) is -0.0798. The minimum absolute atomic E-state index is 0.0358. The molecule has 19 heavy (non-hydrogen) atoms. The van der Waals surface area contributed by atoms with Crippen LogP contribution in [-0.2, 0) is 4.79 Å². The zero-order chi connectivity index (χ0) is 13.8. The minimum atomic E-state index is -0.258. The molecule has 0 amide bonds. The van der Waals surface area contributed by atoms with Crippen molar-refractivity contribution in [3.8, 4) is 6.07 Å². The lowest BCUT2D eigenvalue weighted by molar-refractivity contribution is -0.112. The summed E-state index contributed by atoms with van der Waals surface area (Å²) in [5, 5.41) is 8.85. The Morgan fingerprint density at radius 1 is 1.53 bits per heavy atom. The number of fused-ring (bicyclic) bond motifs is 1. The predicted molar refractivity (Wildman–Crippen MR) is 77.9 cm³/mol. The molecular weight excluding hydrogens is 278 g/mol. The van der Waals surface area contributed by atoms with Gasteiger partial charge in [-0.15, -0.1) is 11.3 Å². The van der Waals surface area contributed by atoms with E-state index < -0.39 is 0 Å². The molecule has 6 heteroatoms. The third kappa shape index (κ3) is 3.13. The first-order chi connectivity index (χ1) is 9.11. The standard InChI is InChI=1S/C13H11N3OS2/c1-8(15)9(6-14)11(17)7-18-13-16-10-4-2-3-5-12(10)19-13/h2-5H,7,15H2,1H3/b9-8-. The van der Waals surface area contributed by atoms with Crippen LogP contribution in [0.1, 0.15) is 6.92 Å². The molecule has 0 saturated carbocycles. The molecule has 0 radical (unpaired) electrons. The van der Waals surface area contributed by atoms with Crippen molar-refractivity contribution in [1.82, 2.24) is 4.98 Å². The summed E-state index contributed by atoms with van der Waals surface area (Å²) in [6.45, 7) is 1.55. The van der Waals surface area contributed by atoms with E-state index in [1.807, 2.05) is 30.3 Å². The molecule has 0 fully saturated rings. The molecule has 96 valence electrons. The first kappa shape index (κ1) is 13.6. The van der Waals surface area contributed by atoms with Crippen LogP contribution in [0.15, 0.2) is 39.9 Å². The monoisotopic (exact) mass is 289 g/mol. The summed E-state index contributed by atoms with van der Waals surface area (Å²) in [4.78, 5) is 16.2. The second-order valence-electron chi connectivity index (χ2n) is 3.83. The summed E-state index contributed by atoms with van der Waals surface area (Å²) in [6.07, 6.45) is 0. The van der Waals surface area contributed by atoms with Gasteiger partial charge in [-0.25, -0.2) is 4.98 Å². The maximum absolute atomic E-state index is 11.8. The van der Waals surface area contributed by atoms with Gasteiger partial charge in [0.15, 0.2) is 10.1 Å². The fourth-order valence-corrected chi connectivity index (χ4v) is 3.42. The van der Waals surface area contributed by atoms with E-state index >= 15 is 0 Å². The molecule has 1 heterocycles. The molecule has 2 rings (SSSR count). The lowest BCUT2D eigenvalue weighted by Gasteiger charge is -1.98. The van der Waals surface area contributed by atoms with Gasteiger partial charge in [0.05, 0.1) is 16.0 Å². The Hall–Kier alpha value is -1.84. The van der Waals surface area contributed by atoms with E-state index in [0.29, 0.717) is 0 Å². The zero-order valence-corrected chi connectivity index (χ0v) is 11.8. The number of thioether (sulfide) groups is 1. The van der Waals surface area contributed by atoms with Crippen molar-refractivity contribution in [2.45, 2.75) is 11.3 Å². The Labute approximate surface area is 118 Å². The van der Waals surface area contributed by atoms with Crippen LogP contribution < -0.4 is 5.73 Å². The largest absolute Gasteiger partial charge is 0.401 e. The lowest BCUT2D eigenvalue weighted by atomic mass is 10.2. The number of hydrogen-bond acceptors (Lipinski definition) is 6. The highest BCUT2D eigenvalue weighted by Crippen LogP contribution is 2.29. The van der Waals surface area contributed by atoms with Crippen molar-refractivity contribution in [2.75, 3.05) is 5.75 Å². The van der Waals surface area contributed by atoms with Crippen molar-refractivity contribution >= 4 is 39.1 Å². The SMILES string of the molecule is C/C(N)=C(\C#N)C(=O)CSc1nc2ccccc2s1. The molecule has 1 aromatic carbocycles. The highest BCUT2D eigenvalue weighted by molar-refractivity contribution is 8.01. The van der Waals surface area contributed by atoms with E-state index in [-0.39, 0.29) is 22.8 Å². The third-order valence-corrected chi connectivity index (χ3v) is 4.57. The number of carbonyl (C=O) groups excluding carboxylic acids is 1. The summed E-state index contributed by atoms with van der Waals surface area (Å²) in [7, 11) is 0. The number of benzene rings is 1. The molecule has 0 aliphatic carbocycles. The fourth-order valence-electron chi connectivity index (χ4n) is 1.48. The van der Waals surface area contributed by atoms with Gasteiger partial charge in [0.1, 0.15) is 11.6 Å². The zero-order valence-electron chi connectivity index (χ0n) is 10.2. The highest BCUT2D eigenvalue weighted by Gasteiger charge is 2.13. The van der Waals surface area contributed by atoms with Gasteiger partial charge in [-0.2, -0.15) is 5.26 Å². The minimum Gasteiger partial charge on any atom is -0.401 e. The van der Waals surface area contributed by atoms with Gasteiger partial charge in [-0.05, 0) is 19.1 Å². The predicted octanol–water partition coefficient (Wildman–Crippen LogP) is 2.71. The van der Waals surface area contributed by atoms with E-state index in [0.717, 1.165) is 14.6 Å². The van der Waals surface area contributed by atoms with Crippen LogP contribution in [0.4, 0.5) is 0 Å². The van der Waals surface area contributed by atoms with Gasteiger partial charge in [0.2, 0.25) is 0 Å². The number of para-hydroxylation sites is 1. The average molecular weight is 289 g/mol. The Bertz CT molecular complexity index is 660. The molecule has 1 aromatic heterocycles. The van der Waals surface area contributed by atoms with E-state index in [1.54, 1.807) is 6.92 Å². The molecule has 0 bridgehead atoms. The van der Waals surface area contributed by atoms with E-state index in [2.05, 4.69) is 4.98 Å². The van der Waals surface area contributed by atoms with Gasteiger partial charge in [0.25, 0.3) is 0 Å². The van der Waals surface area contributed by atoms with Gasteiger partial charge in [0, 0.05) is 5.70 Å². The molecule has 2 aromatic rings. The Kier molecular flexibility index (Phi) is 4.20. The third-order valence-electron chi connectivity index (χ3n) is 2.39. The van der Waals surface area contributed by atoms with E-state index in [9.17, 15) is 4.79 Å². The van der Waals surface area contributed by atoms with Crippen molar-refractivity contribution in [3.05, 3.63) is 35.5 Å².